The lowest BCUT2D eigenvalue weighted by Gasteiger charge is -2.30. The Morgan fingerprint density at radius 3 is 2.81 bits per heavy atom. The van der Waals surface area contributed by atoms with Crippen molar-refractivity contribution in [3.8, 4) is 11.3 Å². The standard InChI is InChI=1S/C22H20N6O3S/c1-13-3-5-14(6-4-13)18-9-17(26-31-18)21(30)28-11-15-10-27(2)25-19(15)16(12-28)20(29)24-22-23-7-8-32-22/h3-10,16H,11-12H2,1-2H3,(H,23,24,29)/t16-/m0/s1. The predicted molar refractivity (Wildman–Crippen MR) is 118 cm³/mol. The number of anilines is 1. The summed E-state index contributed by atoms with van der Waals surface area (Å²) in [6.45, 7) is 2.53. The van der Waals surface area contributed by atoms with Gasteiger partial charge in [0.1, 0.15) is 5.92 Å². The molecule has 32 heavy (non-hydrogen) atoms. The number of rotatable bonds is 4. The second-order valence-corrected chi connectivity index (χ2v) is 8.62. The molecule has 9 nitrogen and oxygen atoms in total. The maximum Gasteiger partial charge on any atom is 0.276 e. The van der Waals surface area contributed by atoms with Gasteiger partial charge in [0.15, 0.2) is 16.6 Å². The van der Waals surface area contributed by atoms with Crippen LogP contribution in [0.25, 0.3) is 11.3 Å². The average molecular weight is 449 g/mol. The minimum absolute atomic E-state index is 0.187. The maximum atomic E-state index is 13.2. The molecular weight excluding hydrogens is 428 g/mol. The molecule has 0 radical (unpaired) electrons. The maximum absolute atomic E-state index is 13.2. The van der Waals surface area contributed by atoms with Gasteiger partial charge in [0, 0.05) is 55.1 Å². The topological polar surface area (TPSA) is 106 Å². The van der Waals surface area contributed by atoms with Crippen LogP contribution in [-0.2, 0) is 18.4 Å². The van der Waals surface area contributed by atoms with E-state index in [-0.39, 0.29) is 24.1 Å². The second kappa shape index (κ2) is 8.04. The zero-order valence-electron chi connectivity index (χ0n) is 17.5. The van der Waals surface area contributed by atoms with Crippen molar-refractivity contribution < 1.29 is 14.1 Å². The smallest absolute Gasteiger partial charge is 0.276 e. The van der Waals surface area contributed by atoms with Crippen molar-refractivity contribution in [1.29, 1.82) is 0 Å². The molecule has 0 saturated carbocycles. The lowest BCUT2D eigenvalue weighted by Crippen LogP contribution is -2.42. The number of aryl methyl sites for hydroxylation is 2. The fourth-order valence-corrected chi connectivity index (χ4v) is 4.31. The van der Waals surface area contributed by atoms with Gasteiger partial charge in [-0.1, -0.05) is 35.0 Å². The number of carbonyl (C=O) groups is 2. The van der Waals surface area contributed by atoms with Crippen molar-refractivity contribution in [3.05, 3.63) is 70.6 Å². The van der Waals surface area contributed by atoms with Crippen LogP contribution in [0.2, 0.25) is 0 Å². The average Bonchev–Trinajstić information content (AvgIpc) is 3.53. The molecule has 0 fully saturated rings. The number of amides is 2. The van der Waals surface area contributed by atoms with Gasteiger partial charge in [-0.2, -0.15) is 5.10 Å². The Balaban J connectivity index is 1.39. The lowest BCUT2D eigenvalue weighted by atomic mass is 9.95. The fraction of sp³-hybridized carbons (Fsp3) is 0.227. The monoisotopic (exact) mass is 448 g/mol. The van der Waals surface area contributed by atoms with Crippen molar-refractivity contribution >= 4 is 28.3 Å². The van der Waals surface area contributed by atoms with E-state index in [0.717, 1.165) is 16.7 Å². The Kier molecular flexibility index (Phi) is 5.06. The third-order valence-electron chi connectivity index (χ3n) is 5.36. The van der Waals surface area contributed by atoms with Crippen molar-refractivity contribution in [3.63, 3.8) is 0 Å². The lowest BCUT2D eigenvalue weighted by molar-refractivity contribution is -0.118. The van der Waals surface area contributed by atoms with E-state index in [1.807, 2.05) is 37.4 Å². The first-order valence-electron chi connectivity index (χ1n) is 10.0. The zero-order chi connectivity index (χ0) is 22.2. The molecule has 0 spiro atoms. The van der Waals surface area contributed by atoms with E-state index in [2.05, 4.69) is 20.6 Å². The number of aromatic nitrogens is 4. The first-order valence-corrected chi connectivity index (χ1v) is 10.9. The van der Waals surface area contributed by atoms with E-state index in [1.54, 1.807) is 34.3 Å². The minimum Gasteiger partial charge on any atom is -0.355 e. The third kappa shape index (κ3) is 3.80. The Morgan fingerprint density at radius 2 is 2.06 bits per heavy atom. The molecule has 1 N–H and O–H groups in total. The van der Waals surface area contributed by atoms with E-state index in [9.17, 15) is 9.59 Å². The molecule has 2 amide bonds. The number of nitrogens with zero attached hydrogens (tertiary/aromatic N) is 5. The quantitative estimate of drug-likeness (QED) is 0.514. The van der Waals surface area contributed by atoms with Gasteiger partial charge < -0.3 is 14.7 Å². The molecule has 10 heteroatoms. The summed E-state index contributed by atoms with van der Waals surface area (Å²) in [6.07, 6.45) is 3.46. The first-order chi connectivity index (χ1) is 15.5. The van der Waals surface area contributed by atoms with Crippen molar-refractivity contribution in [2.24, 2.45) is 7.05 Å². The van der Waals surface area contributed by atoms with Crippen LogP contribution in [-0.4, -0.2) is 43.2 Å². The number of carbonyl (C=O) groups excluding carboxylic acids is 2. The highest BCUT2D eigenvalue weighted by atomic mass is 32.1. The minimum atomic E-state index is -0.615. The Bertz CT molecular complexity index is 1280. The normalized spacial score (nSPS) is 15.4. The molecule has 5 rings (SSSR count). The molecule has 162 valence electrons. The number of hydrogen-bond donors (Lipinski definition) is 1. The van der Waals surface area contributed by atoms with Crippen LogP contribution in [0.15, 0.2) is 52.6 Å². The fourth-order valence-electron chi connectivity index (χ4n) is 3.78. The first kappa shape index (κ1) is 20.1. The van der Waals surface area contributed by atoms with Gasteiger partial charge >= 0.3 is 0 Å². The van der Waals surface area contributed by atoms with Crippen LogP contribution in [0.1, 0.15) is 33.2 Å². The largest absolute Gasteiger partial charge is 0.355 e. The molecule has 3 aromatic heterocycles. The Labute approximate surface area is 187 Å². The molecule has 4 heterocycles. The van der Waals surface area contributed by atoms with Gasteiger partial charge in [0.2, 0.25) is 5.91 Å². The van der Waals surface area contributed by atoms with Crippen molar-refractivity contribution in [2.45, 2.75) is 19.4 Å². The molecule has 1 aliphatic rings. The summed E-state index contributed by atoms with van der Waals surface area (Å²) in [6, 6.07) is 9.42. The zero-order valence-corrected chi connectivity index (χ0v) is 18.3. The number of fused-ring (bicyclic) bond motifs is 1. The summed E-state index contributed by atoms with van der Waals surface area (Å²) in [5.74, 6) is -0.645. The summed E-state index contributed by atoms with van der Waals surface area (Å²) in [7, 11) is 1.80. The van der Waals surface area contributed by atoms with Gasteiger partial charge in [0.05, 0.1) is 5.69 Å². The number of thiazole rings is 1. The van der Waals surface area contributed by atoms with Gasteiger partial charge in [0.25, 0.3) is 5.91 Å². The predicted octanol–water partition coefficient (Wildman–Crippen LogP) is 3.22. The molecule has 1 aliphatic heterocycles. The molecule has 0 saturated heterocycles. The van der Waals surface area contributed by atoms with Gasteiger partial charge in [-0.25, -0.2) is 4.98 Å². The molecule has 1 aromatic carbocycles. The van der Waals surface area contributed by atoms with Crippen LogP contribution in [0.3, 0.4) is 0 Å². The Hall–Kier alpha value is -3.79. The highest BCUT2D eigenvalue weighted by Gasteiger charge is 2.36. The summed E-state index contributed by atoms with van der Waals surface area (Å²) in [5, 5.41) is 13.6. The highest BCUT2D eigenvalue weighted by Crippen LogP contribution is 2.30. The van der Waals surface area contributed by atoms with E-state index in [0.29, 0.717) is 23.1 Å². The van der Waals surface area contributed by atoms with Crippen LogP contribution < -0.4 is 5.32 Å². The summed E-state index contributed by atoms with van der Waals surface area (Å²) in [5.41, 5.74) is 3.68. The van der Waals surface area contributed by atoms with Crippen molar-refractivity contribution in [2.75, 3.05) is 11.9 Å². The summed E-state index contributed by atoms with van der Waals surface area (Å²) >= 11 is 1.34. The molecule has 0 bridgehead atoms. The Morgan fingerprint density at radius 1 is 1.25 bits per heavy atom. The summed E-state index contributed by atoms with van der Waals surface area (Å²) < 4.78 is 7.08. The van der Waals surface area contributed by atoms with Gasteiger partial charge in [-0.3, -0.25) is 14.3 Å². The molecular formula is C22H20N6O3S. The number of hydrogen-bond acceptors (Lipinski definition) is 7. The number of benzene rings is 1. The van der Waals surface area contributed by atoms with E-state index < -0.39 is 5.92 Å². The van der Waals surface area contributed by atoms with Crippen molar-refractivity contribution in [1.82, 2.24) is 24.8 Å². The van der Waals surface area contributed by atoms with Crippen LogP contribution in [0.5, 0.6) is 0 Å². The highest BCUT2D eigenvalue weighted by molar-refractivity contribution is 7.13. The molecule has 4 aromatic rings. The van der Waals surface area contributed by atoms with Crippen LogP contribution in [0.4, 0.5) is 5.13 Å². The van der Waals surface area contributed by atoms with Gasteiger partial charge in [-0.15, -0.1) is 11.3 Å². The van der Waals surface area contributed by atoms with E-state index >= 15 is 0 Å². The molecule has 0 aliphatic carbocycles. The SMILES string of the molecule is Cc1ccc(-c2cc(C(=O)N3Cc4cn(C)nc4[C@@H](C(=O)Nc4nccs4)C3)no2)cc1. The van der Waals surface area contributed by atoms with Crippen LogP contribution >= 0.6 is 11.3 Å². The summed E-state index contributed by atoms with van der Waals surface area (Å²) in [4.78, 5) is 31.9. The molecule has 1 atom stereocenters. The van der Waals surface area contributed by atoms with E-state index in [1.165, 1.54) is 11.3 Å². The molecule has 0 unspecified atom stereocenters. The van der Waals surface area contributed by atoms with Crippen LogP contribution in [0, 0.1) is 6.92 Å². The van der Waals surface area contributed by atoms with Gasteiger partial charge in [-0.05, 0) is 6.92 Å². The third-order valence-corrected chi connectivity index (χ3v) is 6.05. The van der Waals surface area contributed by atoms with E-state index in [4.69, 9.17) is 4.52 Å². The second-order valence-electron chi connectivity index (χ2n) is 7.72. The number of nitrogens with one attached hydrogen (secondary N) is 1.